The van der Waals surface area contributed by atoms with Gasteiger partial charge in [0.1, 0.15) is 15.7 Å². The van der Waals surface area contributed by atoms with E-state index in [0.717, 1.165) is 38.6 Å². The Morgan fingerprint density at radius 2 is 1.93 bits per heavy atom. The number of ether oxygens (including phenoxy) is 1. The van der Waals surface area contributed by atoms with E-state index in [1.54, 1.807) is 29.8 Å². The fraction of sp³-hybridized carbons (Fsp3) is 0.217. The van der Waals surface area contributed by atoms with Crippen molar-refractivity contribution in [2.45, 2.75) is 18.4 Å². The summed E-state index contributed by atoms with van der Waals surface area (Å²) in [5.74, 6) is 0.787. The zero-order valence-electron chi connectivity index (χ0n) is 17.0. The van der Waals surface area contributed by atoms with Crippen LogP contribution in [0.2, 0.25) is 0 Å². The van der Waals surface area contributed by atoms with Crippen LogP contribution in [0.15, 0.2) is 81.0 Å². The third-order valence-corrected chi connectivity index (χ3v) is 7.25. The Kier molecular flexibility index (Phi) is 6.20. The molecule has 30 heavy (non-hydrogen) atoms. The average Bonchev–Trinajstić information content (AvgIpc) is 3.30. The number of hydrogen-bond acceptors (Lipinski definition) is 6. The summed E-state index contributed by atoms with van der Waals surface area (Å²) in [4.78, 5) is 23.8. The van der Waals surface area contributed by atoms with Crippen LogP contribution in [-0.2, 0) is 11.3 Å². The fourth-order valence-electron chi connectivity index (χ4n) is 3.36. The van der Waals surface area contributed by atoms with Crippen molar-refractivity contribution in [2.24, 2.45) is 4.99 Å². The molecule has 0 unspecified atom stereocenters. The topological polar surface area (TPSA) is 45.1 Å². The predicted molar refractivity (Wildman–Crippen MR) is 126 cm³/mol. The molecule has 154 valence electrons. The Balaban J connectivity index is 1.69. The molecule has 0 aliphatic carbocycles. The summed E-state index contributed by atoms with van der Waals surface area (Å²) in [5.41, 5.74) is 2.19. The largest absolute Gasteiger partial charge is 0.497 e. The van der Waals surface area contributed by atoms with Crippen molar-refractivity contribution in [3.63, 3.8) is 0 Å². The molecule has 7 heteroatoms. The van der Waals surface area contributed by atoms with Gasteiger partial charge in [0.05, 0.1) is 19.3 Å². The van der Waals surface area contributed by atoms with E-state index in [-0.39, 0.29) is 5.91 Å². The molecule has 0 N–H and O–H groups in total. The molecule has 4 rings (SSSR count). The molecule has 1 amide bonds. The van der Waals surface area contributed by atoms with Gasteiger partial charge in [-0.3, -0.25) is 14.7 Å². The first kappa shape index (κ1) is 20.6. The molecule has 0 atom stereocenters. The smallest absolute Gasteiger partial charge is 0.269 e. The number of hydrogen-bond donors (Lipinski definition) is 0. The van der Waals surface area contributed by atoms with Crippen LogP contribution in [0.25, 0.3) is 0 Å². The highest BCUT2D eigenvalue weighted by Gasteiger charge is 2.39. The Labute approximate surface area is 185 Å². The van der Waals surface area contributed by atoms with Gasteiger partial charge in [-0.2, -0.15) is 0 Å². The molecule has 2 heterocycles. The van der Waals surface area contributed by atoms with Gasteiger partial charge in [0.25, 0.3) is 5.91 Å². The molecule has 0 saturated carbocycles. The van der Waals surface area contributed by atoms with Gasteiger partial charge in [0, 0.05) is 24.1 Å². The predicted octanol–water partition coefficient (Wildman–Crippen LogP) is 5.11. The summed E-state index contributed by atoms with van der Waals surface area (Å²) in [6, 6.07) is 16.1. The zero-order chi connectivity index (χ0) is 21.1. The minimum atomic E-state index is -0.0209. The first-order valence-corrected chi connectivity index (χ1v) is 11.4. The van der Waals surface area contributed by atoms with Crippen LogP contribution in [0.5, 0.6) is 5.75 Å². The lowest BCUT2D eigenvalue weighted by Crippen LogP contribution is -2.30. The van der Waals surface area contributed by atoms with Gasteiger partial charge in [0.15, 0.2) is 5.17 Å². The number of anilines is 1. The summed E-state index contributed by atoms with van der Waals surface area (Å²) < 4.78 is 5.39. The van der Waals surface area contributed by atoms with Crippen LogP contribution in [-0.4, -0.2) is 36.2 Å². The molecule has 0 aromatic heterocycles. The van der Waals surface area contributed by atoms with Crippen molar-refractivity contribution in [3.05, 3.63) is 76.7 Å². The molecule has 0 spiro atoms. The summed E-state index contributed by atoms with van der Waals surface area (Å²) in [6.07, 6.45) is 1.74. The minimum absolute atomic E-state index is 0.0209. The first-order valence-electron chi connectivity index (χ1n) is 9.73. The number of benzene rings is 2. The van der Waals surface area contributed by atoms with Crippen molar-refractivity contribution in [1.29, 1.82) is 0 Å². The zero-order valence-corrected chi connectivity index (χ0v) is 18.6. The SMILES string of the molecule is C=CCN1C(=O)C(=C2Sc3ccc(OC)cc3N2CC)SC1=NCc1ccccc1. The first-order chi connectivity index (χ1) is 14.7. The molecular formula is C23H23N3O2S2. The lowest BCUT2D eigenvalue weighted by atomic mass is 10.2. The van der Waals surface area contributed by atoms with Gasteiger partial charge in [-0.25, -0.2) is 0 Å². The van der Waals surface area contributed by atoms with Gasteiger partial charge < -0.3 is 9.64 Å². The monoisotopic (exact) mass is 437 g/mol. The van der Waals surface area contributed by atoms with E-state index < -0.39 is 0 Å². The fourth-order valence-corrected chi connectivity index (χ4v) is 5.72. The second-order valence-electron chi connectivity index (χ2n) is 6.71. The molecular weight excluding hydrogens is 414 g/mol. The Bertz CT molecular complexity index is 1030. The molecule has 0 bridgehead atoms. The maximum absolute atomic E-state index is 13.3. The van der Waals surface area contributed by atoms with Gasteiger partial charge in [0.2, 0.25) is 0 Å². The normalized spacial score (nSPS) is 19.5. The summed E-state index contributed by atoms with van der Waals surface area (Å²) >= 11 is 3.07. The number of carbonyl (C=O) groups excluding carboxylic acids is 1. The average molecular weight is 438 g/mol. The van der Waals surface area contributed by atoms with E-state index in [1.807, 2.05) is 48.5 Å². The molecule has 2 aromatic carbocycles. The summed E-state index contributed by atoms with van der Waals surface area (Å²) in [5, 5.41) is 1.67. The van der Waals surface area contributed by atoms with Gasteiger partial charge >= 0.3 is 0 Å². The van der Waals surface area contributed by atoms with Crippen LogP contribution >= 0.6 is 23.5 Å². The third kappa shape index (κ3) is 3.87. The third-order valence-electron chi connectivity index (χ3n) is 4.83. The van der Waals surface area contributed by atoms with Gasteiger partial charge in [-0.05, 0) is 36.4 Å². The van der Waals surface area contributed by atoms with Crippen molar-refractivity contribution >= 4 is 40.3 Å². The molecule has 2 aliphatic rings. The molecule has 2 aromatic rings. The van der Waals surface area contributed by atoms with Crippen molar-refractivity contribution in [3.8, 4) is 5.75 Å². The standard InChI is InChI=1S/C23H23N3O2S2/c1-4-13-26-21(27)20(30-23(26)24-15-16-9-7-6-8-10-16)22-25(5-2)18-14-17(28-3)11-12-19(18)29-22/h4,6-12,14H,1,5,13,15H2,2-3H3. The minimum Gasteiger partial charge on any atom is -0.497 e. The molecule has 1 saturated heterocycles. The van der Waals surface area contributed by atoms with Crippen LogP contribution < -0.4 is 9.64 Å². The van der Waals surface area contributed by atoms with E-state index in [4.69, 9.17) is 9.73 Å². The second kappa shape index (κ2) is 9.02. The number of carbonyl (C=O) groups is 1. The maximum Gasteiger partial charge on any atom is 0.269 e. The van der Waals surface area contributed by atoms with E-state index in [2.05, 4.69) is 18.4 Å². The highest BCUT2D eigenvalue weighted by atomic mass is 32.2. The second-order valence-corrected chi connectivity index (χ2v) is 8.71. The number of fused-ring (bicyclic) bond motifs is 1. The molecule has 0 radical (unpaired) electrons. The van der Waals surface area contributed by atoms with Crippen LogP contribution in [0.1, 0.15) is 12.5 Å². The Morgan fingerprint density at radius 1 is 1.13 bits per heavy atom. The number of aliphatic imine (C=N–C) groups is 1. The lowest BCUT2D eigenvalue weighted by molar-refractivity contribution is -0.121. The van der Waals surface area contributed by atoms with E-state index >= 15 is 0 Å². The lowest BCUT2D eigenvalue weighted by Gasteiger charge is -2.19. The van der Waals surface area contributed by atoms with E-state index in [0.29, 0.717) is 18.0 Å². The Hall–Kier alpha value is -2.64. The maximum atomic E-state index is 13.3. The van der Waals surface area contributed by atoms with Crippen molar-refractivity contribution in [2.75, 3.05) is 25.1 Å². The number of nitrogens with zero attached hydrogens (tertiary/aromatic N) is 3. The van der Waals surface area contributed by atoms with E-state index in [1.165, 1.54) is 11.8 Å². The quantitative estimate of drug-likeness (QED) is 0.464. The summed E-state index contributed by atoms with van der Waals surface area (Å²) in [6.45, 7) is 7.64. The number of amides is 1. The highest BCUT2D eigenvalue weighted by Crippen LogP contribution is 2.51. The van der Waals surface area contributed by atoms with Crippen molar-refractivity contribution < 1.29 is 9.53 Å². The number of amidine groups is 1. The van der Waals surface area contributed by atoms with Gasteiger partial charge in [-0.15, -0.1) is 6.58 Å². The number of thioether (sulfide) groups is 2. The van der Waals surface area contributed by atoms with E-state index in [9.17, 15) is 4.79 Å². The van der Waals surface area contributed by atoms with Gasteiger partial charge in [-0.1, -0.05) is 48.2 Å². The molecule has 2 aliphatic heterocycles. The molecule has 1 fully saturated rings. The van der Waals surface area contributed by atoms with Crippen LogP contribution in [0.3, 0.4) is 0 Å². The molecule has 5 nitrogen and oxygen atoms in total. The summed E-state index contributed by atoms with van der Waals surface area (Å²) in [7, 11) is 1.67. The Morgan fingerprint density at radius 3 is 2.63 bits per heavy atom. The highest BCUT2D eigenvalue weighted by molar-refractivity contribution is 8.19. The van der Waals surface area contributed by atoms with Crippen molar-refractivity contribution in [1.82, 2.24) is 4.90 Å². The van der Waals surface area contributed by atoms with Crippen LogP contribution in [0, 0.1) is 0 Å². The van der Waals surface area contributed by atoms with Crippen LogP contribution in [0.4, 0.5) is 5.69 Å². The number of rotatable bonds is 6. The number of methoxy groups -OCH3 is 1.